The van der Waals surface area contributed by atoms with Gasteiger partial charge in [-0.05, 0) is 30.7 Å². The third kappa shape index (κ3) is 2.54. The molecule has 0 saturated carbocycles. The summed E-state index contributed by atoms with van der Waals surface area (Å²) < 4.78 is 26.4. The van der Waals surface area contributed by atoms with Gasteiger partial charge in [0.15, 0.2) is 5.82 Å². The first-order chi connectivity index (χ1) is 8.47. The van der Waals surface area contributed by atoms with Crippen LogP contribution in [0.4, 0.5) is 25.8 Å². The van der Waals surface area contributed by atoms with Crippen LogP contribution >= 0.6 is 11.6 Å². The van der Waals surface area contributed by atoms with Gasteiger partial charge in [0.1, 0.15) is 5.82 Å². The van der Waals surface area contributed by atoms with Crippen LogP contribution < -0.4 is 11.1 Å². The Bertz CT molecular complexity index is 600. The van der Waals surface area contributed by atoms with E-state index in [9.17, 15) is 8.78 Å². The number of anilines is 3. The summed E-state index contributed by atoms with van der Waals surface area (Å²) in [5.74, 6) is -1.51. The molecule has 2 nitrogen and oxygen atoms in total. The lowest BCUT2D eigenvalue weighted by atomic mass is 10.2. The summed E-state index contributed by atoms with van der Waals surface area (Å²) in [4.78, 5) is 0. The van der Waals surface area contributed by atoms with Crippen LogP contribution in [0.25, 0.3) is 0 Å². The quantitative estimate of drug-likeness (QED) is 0.799. The summed E-state index contributed by atoms with van der Waals surface area (Å²) in [6.07, 6.45) is 0. The van der Waals surface area contributed by atoms with E-state index in [1.807, 2.05) is 13.0 Å². The second-order valence-electron chi connectivity index (χ2n) is 3.96. The molecule has 3 N–H and O–H groups in total. The molecule has 0 aromatic heterocycles. The average molecular weight is 269 g/mol. The van der Waals surface area contributed by atoms with E-state index < -0.39 is 11.6 Å². The highest BCUT2D eigenvalue weighted by molar-refractivity contribution is 6.33. The molecule has 0 spiro atoms. The molecular weight excluding hydrogens is 258 g/mol. The predicted molar refractivity (Wildman–Crippen MR) is 70.2 cm³/mol. The lowest BCUT2D eigenvalue weighted by Crippen LogP contribution is -2.00. The third-order valence-corrected chi connectivity index (χ3v) is 2.80. The van der Waals surface area contributed by atoms with Gasteiger partial charge in [-0.3, -0.25) is 0 Å². The van der Waals surface area contributed by atoms with Crippen LogP contribution in [0.3, 0.4) is 0 Å². The van der Waals surface area contributed by atoms with Gasteiger partial charge in [-0.2, -0.15) is 0 Å². The van der Waals surface area contributed by atoms with Gasteiger partial charge >= 0.3 is 0 Å². The topological polar surface area (TPSA) is 38.0 Å². The number of nitrogens with one attached hydrogen (secondary N) is 1. The van der Waals surface area contributed by atoms with Crippen LogP contribution in [-0.2, 0) is 0 Å². The molecule has 0 radical (unpaired) electrons. The van der Waals surface area contributed by atoms with Crippen molar-refractivity contribution < 1.29 is 8.78 Å². The molecular formula is C13H11ClF2N2. The molecule has 18 heavy (non-hydrogen) atoms. The van der Waals surface area contributed by atoms with Crippen LogP contribution in [0, 0.1) is 18.6 Å². The number of rotatable bonds is 2. The van der Waals surface area contributed by atoms with Gasteiger partial charge in [-0.25, -0.2) is 8.78 Å². The van der Waals surface area contributed by atoms with Crippen LogP contribution in [0.2, 0.25) is 5.02 Å². The van der Waals surface area contributed by atoms with Crippen molar-refractivity contribution in [3.05, 3.63) is 52.6 Å². The maximum absolute atomic E-state index is 13.3. The minimum absolute atomic E-state index is 0.145. The number of nitrogens with two attached hydrogens (primary N) is 1. The van der Waals surface area contributed by atoms with Crippen molar-refractivity contribution >= 4 is 28.7 Å². The van der Waals surface area contributed by atoms with E-state index in [1.165, 1.54) is 0 Å². The standard InChI is InChI=1S/C13H11ClF2N2/c1-7-2-3-11(9(14)4-7)18-12-6-8(15)5-10(16)13(12)17/h2-6,18H,17H2,1H3. The van der Waals surface area contributed by atoms with E-state index in [4.69, 9.17) is 17.3 Å². The van der Waals surface area contributed by atoms with Crippen molar-refractivity contribution in [2.24, 2.45) is 0 Å². The van der Waals surface area contributed by atoms with Crippen molar-refractivity contribution in [2.75, 3.05) is 11.1 Å². The Labute approximate surface area is 108 Å². The van der Waals surface area contributed by atoms with Crippen molar-refractivity contribution in [3.63, 3.8) is 0 Å². The Morgan fingerprint density at radius 1 is 1.11 bits per heavy atom. The molecule has 0 aliphatic carbocycles. The Morgan fingerprint density at radius 3 is 2.50 bits per heavy atom. The maximum atomic E-state index is 13.3. The number of halogens is 3. The summed E-state index contributed by atoms with van der Waals surface area (Å²) in [7, 11) is 0. The molecule has 0 unspecified atom stereocenters. The van der Waals surface area contributed by atoms with E-state index in [-0.39, 0.29) is 11.4 Å². The van der Waals surface area contributed by atoms with Crippen molar-refractivity contribution in [3.8, 4) is 0 Å². The molecule has 0 heterocycles. The third-order valence-electron chi connectivity index (χ3n) is 2.49. The zero-order valence-electron chi connectivity index (χ0n) is 9.60. The van der Waals surface area contributed by atoms with E-state index in [1.54, 1.807) is 12.1 Å². The van der Waals surface area contributed by atoms with Crippen LogP contribution in [-0.4, -0.2) is 0 Å². The minimum Gasteiger partial charge on any atom is -0.395 e. The first kappa shape index (κ1) is 12.6. The molecule has 0 aliphatic heterocycles. The second-order valence-corrected chi connectivity index (χ2v) is 4.36. The summed E-state index contributed by atoms with van der Waals surface area (Å²) in [6, 6.07) is 7.15. The van der Waals surface area contributed by atoms with E-state index in [2.05, 4.69) is 5.32 Å². The van der Waals surface area contributed by atoms with Crippen molar-refractivity contribution in [2.45, 2.75) is 6.92 Å². The fourth-order valence-corrected chi connectivity index (χ4v) is 1.84. The fourth-order valence-electron chi connectivity index (χ4n) is 1.55. The molecule has 0 atom stereocenters. The maximum Gasteiger partial charge on any atom is 0.151 e. The lowest BCUT2D eigenvalue weighted by molar-refractivity contribution is 0.587. The molecule has 0 bridgehead atoms. The fraction of sp³-hybridized carbons (Fsp3) is 0.0769. The van der Waals surface area contributed by atoms with Gasteiger partial charge in [0.2, 0.25) is 0 Å². The Kier molecular flexibility index (Phi) is 3.39. The van der Waals surface area contributed by atoms with Gasteiger partial charge in [0.05, 0.1) is 22.1 Å². The van der Waals surface area contributed by atoms with Crippen molar-refractivity contribution in [1.29, 1.82) is 0 Å². The molecule has 0 fully saturated rings. The highest BCUT2D eigenvalue weighted by Crippen LogP contribution is 2.30. The van der Waals surface area contributed by atoms with Gasteiger partial charge in [-0.1, -0.05) is 17.7 Å². The molecule has 0 aliphatic rings. The summed E-state index contributed by atoms with van der Waals surface area (Å²) >= 11 is 6.02. The summed E-state index contributed by atoms with van der Waals surface area (Å²) in [5.41, 5.74) is 7.07. The first-order valence-corrected chi connectivity index (χ1v) is 5.63. The average Bonchev–Trinajstić information content (AvgIpc) is 2.29. The number of hydrogen-bond acceptors (Lipinski definition) is 2. The monoisotopic (exact) mass is 268 g/mol. The highest BCUT2D eigenvalue weighted by atomic mass is 35.5. The highest BCUT2D eigenvalue weighted by Gasteiger charge is 2.09. The summed E-state index contributed by atoms with van der Waals surface area (Å²) in [6.45, 7) is 1.89. The van der Waals surface area contributed by atoms with Gasteiger partial charge in [-0.15, -0.1) is 0 Å². The zero-order valence-corrected chi connectivity index (χ0v) is 10.4. The molecule has 0 amide bonds. The van der Waals surface area contributed by atoms with Crippen molar-refractivity contribution in [1.82, 2.24) is 0 Å². The molecule has 94 valence electrons. The zero-order chi connectivity index (χ0) is 13.3. The van der Waals surface area contributed by atoms with E-state index >= 15 is 0 Å². The molecule has 2 aromatic rings. The largest absolute Gasteiger partial charge is 0.395 e. The molecule has 2 aromatic carbocycles. The Balaban J connectivity index is 2.40. The molecule has 5 heteroatoms. The number of benzene rings is 2. The predicted octanol–water partition coefficient (Wildman–Crippen LogP) is 4.25. The molecule has 2 rings (SSSR count). The van der Waals surface area contributed by atoms with Crippen LogP contribution in [0.1, 0.15) is 5.56 Å². The minimum atomic E-state index is -0.805. The Morgan fingerprint density at radius 2 is 1.83 bits per heavy atom. The SMILES string of the molecule is Cc1ccc(Nc2cc(F)cc(F)c2N)c(Cl)c1. The first-order valence-electron chi connectivity index (χ1n) is 5.25. The number of aryl methyl sites for hydroxylation is 1. The van der Waals surface area contributed by atoms with Gasteiger partial charge in [0.25, 0.3) is 0 Å². The number of hydrogen-bond donors (Lipinski definition) is 2. The Hall–Kier alpha value is -1.81. The number of nitrogen functional groups attached to an aromatic ring is 1. The van der Waals surface area contributed by atoms with E-state index in [0.29, 0.717) is 10.7 Å². The van der Waals surface area contributed by atoms with Gasteiger partial charge < -0.3 is 11.1 Å². The normalized spacial score (nSPS) is 10.4. The smallest absolute Gasteiger partial charge is 0.151 e. The van der Waals surface area contributed by atoms with Crippen LogP contribution in [0.15, 0.2) is 30.3 Å². The molecule has 0 saturated heterocycles. The second kappa shape index (κ2) is 4.82. The summed E-state index contributed by atoms with van der Waals surface area (Å²) in [5, 5.41) is 3.27. The van der Waals surface area contributed by atoms with Gasteiger partial charge in [0, 0.05) is 6.07 Å². The lowest BCUT2D eigenvalue weighted by Gasteiger charge is -2.12. The van der Waals surface area contributed by atoms with Crippen LogP contribution in [0.5, 0.6) is 0 Å². The van der Waals surface area contributed by atoms with E-state index in [0.717, 1.165) is 17.7 Å².